The minimum atomic E-state index is -1.59. The number of hydrogen-bond donors (Lipinski definition) is 0. The van der Waals surface area contributed by atoms with Crippen molar-refractivity contribution in [3.8, 4) is 0 Å². The van der Waals surface area contributed by atoms with Gasteiger partial charge in [-0.3, -0.25) is 29.3 Å². The first kappa shape index (κ1) is 17.1. The van der Waals surface area contributed by atoms with Crippen molar-refractivity contribution in [3.63, 3.8) is 0 Å². The van der Waals surface area contributed by atoms with Crippen molar-refractivity contribution < 1.29 is 24.1 Å². The van der Waals surface area contributed by atoms with Gasteiger partial charge in [0.05, 0.1) is 16.7 Å². The van der Waals surface area contributed by atoms with E-state index in [9.17, 15) is 29.3 Å². The molecule has 21 heavy (non-hydrogen) atoms. The molecule has 0 spiro atoms. The second kappa shape index (κ2) is 5.13. The molecule has 0 aliphatic heterocycles. The topological polar surface area (TPSA) is 111 Å². The summed E-state index contributed by atoms with van der Waals surface area (Å²) in [7, 11) is 0. The molecule has 1 aliphatic carbocycles. The second-order valence-electron chi connectivity index (χ2n) is 6.56. The molecule has 0 amide bonds. The second-order valence-corrected chi connectivity index (χ2v) is 6.56. The quantitative estimate of drug-likeness (QED) is 0.432. The Morgan fingerprint density at radius 2 is 1.52 bits per heavy atom. The van der Waals surface area contributed by atoms with Crippen molar-refractivity contribution in [2.45, 2.75) is 34.6 Å². The summed E-state index contributed by atoms with van der Waals surface area (Å²) < 4.78 is 0. The minimum absolute atomic E-state index is 0.532. The van der Waals surface area contributed by atoms with E-state index >= 15 is 0 Å². The van der Waals surface area contributed by atoms with Crippen LogP contribution in [0.5, 0.6) is 0 Å². The van der Waals surface area contributed by atoms with Crippen molar-refractivity contribution in [1.82, 2.24) is 0 Å². The third kappa shape index (κ3) is 2.64. The Labute approximate surface area is 122 Å². The highest BCUT2D eigenvalue weighted by atomic mass is 16.6. The van der Waals surface area contributed by atoms with Crippen LogP contribution in [0.3, 0.4) is 0 Å². The summed E-state index contributed by atoms with van der Waals surface area (Å²) in [6.07, 6.45) is 0. The minimum Gasteiger partial charge on any atom is -0.298 e. The van der Waals surface area contributed by atoms with Gasteiger partial charge in [-0.15, -0.1) is 0 Å². The third-order valence-electron chi connectivity index (χ3n) is 4.08. The number of carbonyl (C=O) groups excluding carboxylic acids is 4. The molecular formula is C14H19NO6. The molecule has 0 saturated heterocycles. The third-order valence-corrected chi connectivity index (χ3v) is 4.08. The lowest BCUT2D eigenvalue weighted by atomic mass is 9.57. The summed E-state index contributed by atoms with van der Waals surface area (Å²) >= 11 is 0. The summed E-state index contributed by atoms with van der Waals surface area (Å²) in [5.41, 5.74) is -2.90. The summed E-state index contributed by atoms with van der Waals surface area (Å²) in [5, 5.41) is 10.5. The van der Waals surface area contributed by atoms with E-state index in [0.717, 1.165) is 0 Å². The van der Waals surface area contributed by atoms with Gasteiger partial charge in [0.2, 0.25) is 6.54 Å². The average Bonchev–Trinajstić information content (AvgIpc) is 2.35. The van der Waals surface area contributed by atoms with E-state index in [1.807, 2.05) is 0 Å². The Morgan fingerprint density at radius 1 is 1.14 bits per heavy atom. The summed E-state index contributed by atoms with van der Waals surface area (Å²) in [6, 6.07) is 0. The van der Waals surface area contributed by atoms with E-state index < -0.39 is 57.3 Å². The van der Waals surface area contributed by atoms with Crippen molar-refractivity contribution in [2.24, 2.45) is 22.7 Å². The predicted molar refractivity (Wildman–Crippen MR) is 72.1 cm³/mol. The first-order valence-corrected chi connectivity index (χ1v) is 6.64. The Balaban J connectivity index is 3.25. The first-order chi connectivity index (χ1) is 9.35. The smallest absolute Gasteiger partial charge is 0.213 e. The van der Waals surface area contributed by atoms with Crippen LogP contribution in [-0.2, 0) is 19.2 Å². The predicted octanol–water partition coefficient (Wildman–Crippen LogP) is 0.858. The van der Waals surface area contributed by atoms with Crippen LogP contribution >= 0.6 is 0 Å². The lowest BCUT2D eigenvalue weighted by Gasteiger charge is -2.40. The van der Waals surface area contributed by atoms with Crippen molar-refractivity contribution in [3.05, 3.63) is 10.1 Å². The molecule has 1 aliphatic rings. The molecule has 7 heteroatoms. The van der Waals surface area contributed by atoms with Gasteiger partial charge in [0.15, 0.2) is 23.1 Å². The van der Waals surface area contributed by atoms with Crippen LogP contribution in [0.1, 0.15) is 34.6 Å². The molecule has 0 aromatic heterocycles. The van der Waals surface area contributed by atoms with Gasteiger partial charge in [-0.05, 0) is 34.6 Å². The summed E-state index contributed by atoms with van der Waals surface area (Å²) in [5.74, 6) is -5.50. The SMILES string of the molecule is CC(C[N+](=O)[O-])C(=O)C1C(=O)C(C)(C)C(=O)C(C)(C)C1=O. The maximum atomic E-state index is 12.4. The van der Waals surface area contributed by atoms with E-state index in [0.29, 0.717) is 0 Å². The number of ketones is 4. The van der Waals surface area contributed by atoms with E-state index in [4.69, 9.17) is 0 Å². The van der Waals surface area contributed by atoms with Crippen molar-refractivity contribution in [2.75, 3.05) is 6.54 Å². The van der Waals surface area contributed by atoms with Gasteiger partial charge in [0.25, 0.3) is 0 Å². The van der Waals surface area contributed by atoms with Crippen LogP contribution < -0.4 is 0 Å². The van der Waals surface area contributed by atoms with E-state index in [2.05, 4.69) is 0 Å². The van der Waals surface area contributed by atoms with Gasteiger partial charge in [-0.2, -0.15) is 0 Å². The Bertz CT molecular complexity index is 516. The Hall–Kier alpha value is -1.92. The van der Waals surface area contributed by atoms with Crippen LogP contribution in [0.25, 0.3) is 0 Å². The molecule has 0 N–H and O–H groups in total. The highest BCUT2D eigenvalue weighted by molar-refractivity contribution is 6.35. The van der Waals surface area contributed by atoms with E-state index in [1.54, 1.807) is 0 Å². The average molecular weight is 297 g/mol. The van der Waals surface area contributed by atoms with Gasteiger partial charge in [0.1, 0.15) is 5.92 Å². The maximum Gasteiger partial charge on any atom is 0.213 e. The fraction of sp³-hybridized carbons (Fsp3) is 0.714. The number of nitro groups is 1. The number of nitrogens with zero attached hydrogens (tertiary/aromatic N) is 1. The molecule has 1 atom stereocenters. The first-order valence-electron chi connectivity index (χ1n) is 6.64. The van der Waals surface area contributed by atoms with Gasteiger partial charge >= 0.3 is 0 Å². The molecular weight excluding hydrogens is 278 g/mol. The largest absolute Gasteiger partial charge is 0.298 e. The Kier molecular flexibility index (Phi) is 4.18. The molecule has 0 aromatic carbocycles. The van der Waals surface area contributed by atoms with Crippen molar-refractivity contribution in [1.29, 1.82) is 0 Å². The van der Waals surface area contributed by atoms with Crippen molar-refractivity contribution >= 4 is 23.1 Å². The summed E-state index contributed by atoms with van der Waals surface area (Å²) in [4.78, 5) is 59.1. The van der Waals surface area contributed by atoms with E-state index in [1.165, 1.54) is 34.6 Å². The molecule has 1 rings (SSSR count). The van der Waals surface area contributed by atoms with Crippen LogP contribution in [0.2, 0.25) is 0 Å². The fourth-order valence-electron chi connectivity index (χ4n) is 2.70. The highest BCUT2D eigenvalue weighted by Gasteiger charge is 2.60. The summed E-state index contributed by atoms with van der Waals surface area (Å²) in [6.45, 7) is 6.18. The zero-order valence-electron chi connectivity index (χ0n) is 12.8. The van der Waals surface area contributed by atoms with Gasteiger partial charge in [-0.1, -0.05) is 0 Å². The van der Waals surface area contributed by atoms with Crippen LogP contribution in [0, 0.1) is 32.8 Å². The van der Waals surface area contributed by atoms with Gasteiger partial charge < -0.3 is 0 Å². The number of carbonyl (C=O) groups is 4. The van der Waals surface area contributed by atoms with Crippen LogP contribution in [0.15, 0.2) is 0 Å². The molecule has 1 saturated carbocycles. The van der Waals surface area contributed by atoms with Crippen LogP contribution in [-0.4, -0.2) is 34.6 Å². The molecule has 0 aromatic rings. The molecule has 1 fully saturated rings. The zero-order valence-corrected chi connectivity index (χ0v) is 12.8. The Morgan fingerprint density at radius 3 is 1.86 bits per heavy atom. The fourth-order valence-corrected chi connectivity index (χ4v) is 2.70. The van der Waals surface area contributed by atoms with Gasteiger partial charge in [0, 0.05) is 4.92 Å². The standard InChI is InChI=1S/C14H19NO6/c1-7(6-15(20)21)9(16)8-10(17)13(2,3)12(19)14(4,5)11(8)18/h7-8H,6H2,1-5H3. The van der Waals surface area contributed by atoms with Gasteiger partial charge in [-0.25, -0.2) is 0 Å². The molecule has 0 heterocycles. The highest BCUT2D eigenvalue weighted by Crippen LogP contribution is 2.41. The molecule has 116 valence electrons. The molecule has 1 unspecified atom stereocenters. The zero-order chi connectivity index (χ0) is 16.7. The van der Waals surface area contributed by atoms with Crippen LogP contribution in [0.4, 0.5) is 0 Å². The molecule has 7 nitrogen and oxygen atoms in total. The number of rotatable bonds is 4. The maximum absolute atomic E-state index is 12.4. The lowest BCUT2D eigenvalue weighted by Crippen LogP contribution is -2.60. The van der Waals surface area contributed by atoms with E-state index in [-0.39, 0.29) is 0 Å². The lowest BCUT2D eigenvalue weighted by molar-refractivity contribution is -0.484. The molecule has 0 bridgehead atoms. The molecule has 0 radical (unpaired) electrons. The monoisotopic (exact) mass is 297 g/mol. The number of Topliss-reactive ketones (excluding diaryl/α,β-unsaturated/α-hetero) is 4. The number of hydrogen-bond acceptors (Lipinski definition) is 6. The normalized spacial score (nSPS) is 23.0.